The van der Waals surface area contributed by atoms with Crippen molar-refractivity contribution in [3.05, 3.63) is 29.3 Å². The molecule has 1 aromatic carbocycles. The summed E-state index contributed by atoms with van der Waals surface area (Å²) in [6.07, 6.45) is -2.12. The maximum absolute atomic E-state index is 12.9. The summed E-state index contributed by atoms with van der Waals surface area (Å²) in [5.74, 6) is -1.61. The number of anilines is 1. The molecule has 11 heteroatoms. The number of piperidine rings is 1. The van der Waals surface area contributed by atoms with Crippen molar-refractivity contribution in [3.63, 3.8) is 0 Å². The topological polar surface area (TPSA) is 158 Å². The van der Waals surface area contributed by atoms with Gasteiger partial charge in [-0.15, -0.1) is 0 Å². The van der Waals surface area contributed by atoms with E-state index in [4.69, 9.17) is 14.6 Å². The van der Waals surface area contributed by atoms with E-state index in [9.17, 15) is 24.6 Å². The van der Waals surface area contributed by atoms with Crippen molar-refractivity contribution in [2.75, 3.05) is 38.3 Å². The fourth-order valence-electron chi connectivity index (χ4n) is 3.71. The summed E-state index contributed by atoms with van der Waals surface area (Å²) in [4.78, 5) is 35.9. The molecule has 0 aliphatic carbocycles. The lowest BCUT2D eigenvalue weighted by Crippen LogP contribution is -2.56. The van der Waals surface area contributed by atoms with Crippen LogP contribution in [0.25, 0.3) is 0 Å². The number of amides is 2. The van der Waals surface area contributed by atoms with Crippen molar-refractivity contribution in [3.8, 4) is 0 Å². The highest BCUT2D eigenvalue weighted by atomic mass is 16.5. The van der Waals surface area contributed by atoms with Gasteiger partial charge in [-0.2, -0.15) is 0 Å². The highest BCUT2D eigenvalue weighted by Gasteiger charge is 2.45. The maximum atomic E-state index is 12.9. The summed E-state index contributed by atoms with van der Waals surface area (Å²) in [6.45, 7) is 1.49. The van der Waals surface area contributed by atoms with Crippen molar-refractivity contribution in [1.29, 1.82) is 0 Å². The molecule has 2 amide bonds. The number of hydrogen-bond acceptors (Lipinski definition) is 8. The molecule has 1 aromatic rings. The van der Waals surface area contributed by atoms with Crippen molar-refractivity contribution in [2.45, 2.75) is 37.8 Å². The average Bonchev–Trinajstić information content (AvgIpc) is 2.98. The number of hydrogen-bond donors (Lipinski definition) is 5. The van der Waals surface area contributed by atoms with Crippen molar-refractivity contribution >= 4 is 23.5 Å². The van der Waals surface area contributed by atoms with Gasteiger partial charge in [0, 0.05) is 29.8 Å². The first-order chi connectivity index (χ1) is 14.9. The molecular formula is C20H27N3O8. The lowest BCUT2D eigenvalue weighted by Gasteiger charge is -2.37. The van der Waals surface area contributed by atoms with Gasteiger partial charge in [-0.1, -0.05) is 6.07 Å². The van der Waals surface area contributed by atoms with Crippen LogP contribution in [0.2, 0.25) is 0 Å². The molecule has 0 bridgehead atoms. The van der Waals surface area contributed by atoms with Gasteiger partial charge in [-0.3, -0.25) is 14.4 Å². The van der Waals surface area contributed by atoms with Crippen LogP contribution in [0.1, 0.15) is 41.4 Å². The summed E-state index contributed by atoms with van der Waals surface area (Å²) in [7, 11) is 0. The minimum atomic E-state index is -1.25. The van der Waals surface area contributed by atoms with Crippen LogP contribution in [-0.2, 0) is 19.1 Å². The summed E-state index contributed by atoms with van der Waals surface area (Å²) < 4.78 is 10.6. The second-order valence-corrected chi connectivity index (χ2v) is 7.27. The molecule has 3 atom stereocenters. The monoisotopic (exact) mass is 437 g/mol. The van der Waals surface area contributed by atoms with Gasteiger partial charge in [-0.05, 0) is 18.6 Å². The molecule has 1 fully saturated rings. The maximum Gasteiger partial charge on any atom is 0.305 e. The number of aliphatic hydroxyl groups excluding tert-OH is 2. The number of ether oxygens (including phenoxy) is 2. The SMILES string of the molecule is O=C(O)CCOCCOCCNc1cccc2c1C(O)N(C1CCC(=O)NC1O)C2=O. The Labute approximate surface area is 178 Å². The Morgan fingerprint density at radius 2 is 1.90 bits per heavy atom. The molecule has 2 heterocycles. The first kappa shape index (κ1) is 22.9. The fraction of sp³-hybridized carbons (Fsp3) is 0.550. The molecule has 31 heavy (non-hydrogen) atoms. The zero-order valence-corrected chi connectivity index (χ0v) is 17.0. The number of aliphatic carboxylic acids is 1. The van der Waals surface area contributed by atoms with Gasteiger partial charge in [0.1, 0.15) is 6.23 Å². The first-order valence-electron chi connectivity index (χ1n) is 10.1. The van der Waals surface area contributed by atoms with E-state index in [1.807, 2.05) is 0 Å². The van der Waals surface area contributed by atoms with Crippen LogP contribution in [0.4, 0.5) is 5.69 Å². The van der Waals surface area contributed by atoms with Crippen LogP contribution >= 0.6 is 0 Å². The van der Waals surface area contributed by atoms with Gasteiger partial charge >= 0.3 is 5.97 Å². The molecule has 0 saturated carbocycles. The van der Waals surface area contributed by atoms with E-state index >= 15 is 0 Å². The number of nitrogens with zero attached hydrogens (tertiary/aromatic N) is 1. The number of carboxylic acids is 1. The standard InChI is InChI=1S/C20H27N3O8/c24-15-5-4-14(18(27)22-15)23-19(28)12-2-1-3-13(17(12)20(23)29)21-7-9-31-11-10-30-8-6-16(25)26/h1-3,14,18,20-21,27,29H,4-11H2,(H,22,24)(H,25,26). The smallest absolute Gasteiger partial charge is 0.305 e. The molecule has 0 aromatic heterocycles. The van der Waals surface area contributed by atoms with E-state index in [2.05, 4.69) is 10.6 Å². The van der Waals surface area contributed by atoms with Crippen LogP contribution < -0.4 is 10.6 Å². The van der Waals surface area contributed by atoms with Crippen LogP contribution in [-0.4, -0.2) is 83.2 Å². The first-order valence-corrected chi connectivity index (χ1v) is 10.1. The van der Waals surface area contributed by atoms with Crippen LogP contribution in [0.5, 0.6) is 0 Å². The number of benzene rings is 1. The Kier molecular flexibility index (Phi) is 7.80. The van der Waals surface area contributed by atoms with Crippen LogP contribution in [0.3, 0.4) is 0 Å². The summed E-state index contributed by atoms with van der Waals surface area (Å²) in [5.41, 5.74) is 1.35. The number of carboxylic acid groups (broad SMARTS) is 1. The third-order valence-corrected chi connectivity index (χ3v) is 5.18. The molecule has 1 saturated heterocycles. The van der Waals surface area contributed by atoms with Crippen LogP contribution in [0.15, 0.2) is 18.2 Å². The molecule has 5 N–H and O–H groups in total. The average molecular weight is 437 g/mol. The van der Waals surface area contributed by atoms with Gasteiger partial charge in [0.15, 0.2) is 6.23 Å². The van der Waals surface area contributed by atoms with E-state index in [-0.39, 0.29) is 38.4 Å². The Morgan fingerprint density at radius 1 is 1.16 bits per heavy atom. The van der Waals surface area contributed by atoms with Gasteiger partial charge in [0.25, 0.3) is 5.91 Å². The van der Waals surface area contributed by atoms with E-state index < -0.39 is 30.4 Å². The van der Waals surface area contributed by atoms with Gasteiger partial charge in [-0.25, -0.2) is 0 Å². The predicted molar refractivity (Wildman–Crippen MR) is 107 cm³/mol. The second-order valence-electron chi connectivity index (χ2n) is 7.27. The number of carbonyl (C=O) groups excluding carboxylic acids is 2. The Hall–Kier alpha value is -2.73. The van der Waals surface area contributed by atoms with E-state index in [0.717, 1.165) is 0 Å². The van der Waals surface area contributed by atoms with Gasteiger partial charge in [0.05, 0.1) is 38.9 Å². The third kappa shape index (κ3) is 5.50. The number of nitrogens with one attached hydrogen (secondary N) is 2. The lowest BCUT2D eigenvalue weighted by atomic mass is 10.0. The minimum absolute atomic E-state index is 0.0526. The number of aliphatic hydroxyl groups is 2. The number of fused-ring (bicyclic) bond motifs is 1. The molecular weight excluding hydrogens is 410 g/mol. The molecule has 170 valence electrons. The van der Waals surface area contributed by atoms with Crippen LogP contribution in [0, 0.1) is 0 Å². The zero-order chi connectivity index (χ0) is 22.4. The van der Waals surface area contributed by atoms with Crippen molar-refractivity contribution in [2.24, 2.45) is 0 Å². The van der Waals surface area contributed by atoms with Crippen molar-refractivity contribution in [1.82, 2.24) is 10.2 Å². The quantitative estimate of drug-likeness (QED) is 0.292. The number of rotatable bonds is 11. The molecule has 11 nitrogen and oxygen atoms in total. The predicted octanol–water partition coefficient (Wildman–Crippen LogP) is -0.350. The highest BCUT2D eigenvalue weighted by molar-refractivity contribution is 6.01. The Morgan fingerprint density at radius 3 is 2.61 bits per heavy atom. The Balaban J connectivity index is 1.52. The lowest BCUT2D eigenvalue weighted by molar-refractivity contribution is -0.138. The normalized spacial score (nSPS) is 22.9. The minimum Gasteiger partial charge on any atom is -0.481 e. The van der Waals surface area contributed by atoms with Crippen molar-refractivity contribution < 1.29 is 39.2 Å². The third-order valence-electron chi connectivity index (χ3n) is 5.18. The van der Waals surface area contributed by atoms with Gasteiger partial charge < -0.3 is 40.3 Å². The molecule has 3 rings (SSSR count). The number of carbonyl (C=O) groups is 3. The molecule has 2 aliphatic heterocycles. The van der Waals surface area contributed by atoms with Gasteiger partial charge in [0.2, 0.25) is 5.91 Å². The van der Waals surface area contributed by atoms with E-state index in [0.29, 0.717) is 36.6 Å². The summed E-state index contributed by atoms with van der Waals surface area (Å²) in [5, 5.41) is 35.1. The summed E-state index contributed by atoms with van der Waals surface area (Å²) >= 11 is 0. The second kappa shape index (κ2) is 10.5. The molecule has 0 radical (unpaired) electrons. The fourth-order valence-corrected chi connectivity index (χ4v) is 3.71. The molecule has 2 aliphatic rings. The molecule has 3 unspecified atom stereocenters. The highest BCUT2D eigenvalue weighted by Crippen LogP contribution is 2.39. The largest absolute Gasteiger partial charge is 0.481 e. The van der Waals surface area contributed by atoms with E-state index in [1.165, 1.54) is 4.90 Å². The zero-order valence-electron chi connectivity index (χ0n) is 17.0. The van der Waals surface area contributed by atoms with E-state index in [1.54, 1.807) is 18.2 Å². The Bertz CT molecular complexity index is 818. The summed E-state index contributed by atoms with van der Waals surface area (Å²) in [6, 6.07) is 4.34. The molecule has 0 spiro atoms.